The molecule has 1 atom stereocenters. The largest absolute Gasteiger partial charge is 0.377 e. The molecule has 0 unspecified atom stereocenters. The molecule has 0 bridgehead atoms. The van der Waals surface area contributed by atoms with Gasteiger partial charge >= 0.3 is 0 Å². The molecule has 110 valence electrons. The molecule has 0 radical (unpaired) electrons. The standard InChI is InChI=1S/C15H23N3O2/c1-2-18-15(19)9-12-10-17(7-6-14(12)16-18)11-13-5-3-4-8-20-13/h9,13H,2-8,10-11H2,1H3/t13-/m1/s1. The number of aromatic nitrogens is 2. The van der Waals surface area contributed by atoms with Crippen LogP contribution in [0.15, 0.2) is 10.9 Å². The molecule has 0 aromatic carbocycles. The number of rotatable bonds is 3. The molecule has 0 spiro atoms. The van der Waals surface area contributed by atoms with Gasteiger partial charge in [0.05, 0.1) is 11.8 Å². The van der Waals surface area contributed by atoms with Crippen molar-refractivity contribution in [3.63, 3.8) is 0 Å². The Hall–Kier alpha value is -1.20. The second-order valence-electron chi connectivity index (χ2n) is 5.74. The second kappa shape index (κ2) is 6.06. The molecule has 5 nitrogen and oxygen atoms in total. The van der Waals surface area contributed by atoms with Gasteiger partial charge in [0.25, 0.3) is 5.56 Å². The lowest BCUT2D eigenvalue weighted by atomic mass is 10.0. The highest BCUT2D eigenvalue weighted by atomic mass is 16.5. The Morgan fingerprint density at radius 2 is 2.35 bits per heavy atom. The van der Waals surface area contributed by atoms with Crippen molar-refractivity contribution in [1.29, 1.82) is 0 Å². The molecule has 2 aliphatic heterocycles. The Labute approximate surface area is 119 Å². The van der Waals surface area contributed by atoms with Crippen molar-refractivity contribution >= 4 is 0 Å². The molecule has 0 saturated carbocycles. The summed E-state index contributed by atoms with van der Waals surface area (Å²) in [4.78, 5) is 14.3. The number of hydrogen-bond acceptors (Lipinski definition) is 4. The van der Waals surface area contributed by atoms with Crippen LogP contribution in [-0.2, 0) is 24.2 Å². The van der Waals surface area contributed by atoms with Crippen molar-refractivity contribution in [3.05, 3.63) is 27.7 Å². The predicted molar refractivity (Wildman–Crippen MR) is 76.7 cm³/mol. The minimum absolute atomic E-state index is 0.0158. The Balaban J connectivity index is 1.68. The highest BCUT2D eigenvalue weighted by Crippen LogP contribution is 2.19. The summed E-state index contributed by atoms with van der Waals surface area (Å²) in [6.07, 6.45) is 4.94. The van der Waals surface area contributed by atoms with Crippen LogP contribution in [0.1, 0.15) is 37.4 Å². The molecule has 3 heterocycles. The second-order valence-corrected chi connectivity index (χ2v) is 5.74. The van der Waals surface area contributed by atoms with Gasteiger partial charge in [-0.15, -0.1) is 0 Å². The summed E-state index contributed by atoms with van der Waals surface area (Å²) in [6.45, 7) is 6.33. The highest BCUT2D eigenvalue weighted by molar-refractivity contribution is 5.20. The molecule has 1 saturated heterocycles. The average molecular weight is 277 g/mol. The van der Waals surface area contributed by atoms with Crippen LogP contribution in [-0.4, -0.2) is 40.5 Å². The van der Waals surface area contributed by atoms with Crippen molar-refractivity contribution in [3.8, 4) is 0 Å². The van der Waals surface area contributed by atoms with Crippen LogP contribution in [0.3, 0.4) is 0 Å². The molecule has 1 aromatic rings. The van der Waals surface area contributed by atoms with Gasteiger partial charge in [-0.25, -0.2) is 4.68 Å². The van der Waals surface area contributed by atoms with E-state index in [1.807, 2.05) is 6.92 Å². The molecule has 0 aliphatic carbocycles. The van der Waals surface area contributed by atoms with Crippen LogP contribution in [0.4, 0.5) is 0 Å². The number of fused-ring (bicyclic) bond motifs is 1. The molecule has 1 fully saturated rings. The van der Waals surface area contributed by atoms with E-state index in [-0.39, 0.29) is 5.56 Å². The fraction of sp³-hybridized carbons (Fsp3) is 0.733. The quantitative estimate of drug-likeness (QED) is 0.832. The van der Waals surface area contributed by atoms with Gasteiger partial charge in [-0.3, -0.25) is 9.69 Å². The predicted octanol–water partition coefficient (Wildman–Crippen LogP) is 1.19. The fourth-order valence-corrected chi connectivity index (χ4v) is 3.12. The van der Waals surface area contributed by atoms with E-state index in [0.717, 1.165) is 43.9 Å². The summed E-state index contributed by atoms with van der Waals surface area (Å²) in [7, 11) is 0. The van der Waals surface area contributed by atoms with E-state index in [9.17, 15) is 4.79 Å². The summed E-state index contributed by atoms with van der Waals surface area (Å²) >= 11 is 0. The highest BCUT2D eigenvalue weighted by Gasteiger charge is 2.23. The number of aryl methyl sites for hydroxylation is 1. The van der Waals surface area contributed by atoms with E-state index in [2.05, 4.69) is 10.00 Å². The third-order valence-electron chi connectivity index (χ3n) is 4.26. The summed E-state index contributed by atoms with van der Waals surface area (Å²) in [5.74, 6) is 0. The Kier molecular flexibility index (Phi) is 4.17. The summed E-state index contributed by atoms with van der Waals surface area (Å²) in [6, 6.07) is 1.76. The van der Waals surface area contributed by atoms with Crippen LogP contribution in [0.25, 0.3) is 0 Å². The molecule has 0 N–H and O–H groups in total. The first kappa shape index (κ1) is 13.8. The smallest absolute Gasteiger partial charge is 0.267 e. The zero-order valence-electron chi connectivity index (χ0n) is 12.2. The van der Waals surface area contributed by atoms with Crippen LogP contribution in [0.5, 0.6) is 0 Å². The summed E-state index contributed by atoms with van der Waals surface area (Å²) < 4.78 is 7.36. The maximum Gasteiger partial charge on any atom is 0.267 e. The normalized spacial score (nSPS) is 23.6. The summed E-state index contributed by atoms with van der Waals surface area (Å²) in [5.41, 5.74) is 2.20. The zero-order chi connectivity index (χ0) is 13.9. The Morgan fingerprint density at radius 1 is 1.45 bits per heavy atom. The van der Waals surface area contributed by atoms with Gasteiger partial charge in [0.1, 0.15) is 0 Å². The van der Waals surface area contributed by atoms with E-state index in [4.69, 9.17) is 4.74 Å². The van der Waals surface area contributed by atoms with Gasteiger partial charge in [0, 0.05) is 45.3 Å². The van der Waals surface area contributed by atoms with Crippen molar-refractivity contribution in [2.24, 2.45) is 0 Å². The van der Waals surface area contributed by atoms with Gasteiger partial charge in [-0.1, -0.05) is 0 Å². The number of hydrogen-bond donors (Lipinski definition) is 0. The van der Waals surface area contributed by atoms with Crippen LogP contribution < -0.4 is 5.56 Å². The van der Waals surface area contributed by atoms with E-state index < -0.39 is 0 Å². The zero-order valence-corrected chi connectivity index (χ0v) is 12.2. The Bertz CT molecular complexity index is 520. The van der Waals surface area contributed by atoms with Crippen molar-refractivity contribution in [1.82, 2.24) is 14.7 Å². The lowest BCUT2D eigenvalue weighted by molar-refractivity contribution is -0.00819. The monoisotopic (exact) mass is 277 g/mol. The minimum atomic E-state index is 0.0158. The first-order chi connectivity index (χ1) is 9.76. The molecular weight excluding hydrogens is 254 g/mol. The van der Waals surface area contributed by atoms with Crippen LogP contribution in [0.2, 0.25) is 0 Å². The fourth-order valence-electron chi connectivity index (χ4n) is 3.12. The average Bonchev–Trinajstić information content (AvgIpc) is 2.47. The Morgan fingerprint density at radius 3 is 3.10 bits per heavy atom. The third kappa shape index (κ3) is 2.94. The van der Waals surface area contributed by atoms with Crippen molar-refractivity contribution < 1.29 is 4.74 Å². The molecule has 1 aromatic heterocycles. The molecular formula is C15H23N3O2. The molecule has 3 rings (SSSR count). The lowest BCUT2D eigenvalue weighted by Crippen LogP contribution is -2.40. The third-order valence-corrected chi connectivity index (χ3v) is 4.26. The summed E-state index contributed by atoms with van der Waals surface area (Å²) in [5, 5.41) is 4.46. The van der Waals surface area contributed by atoms with Crippen molar-refractivity contribution in [2.75, 3.05) is 19.7 Å². The van der Waals surface area contributed by atoms with Gasteiger partial charge in [-0.05, 0) is 31.7 Å². The number of nitrogens with zero attached hydrogens (tertiary/aromatic N) is 3. The van der Waals surface area contributed by atoms with Gasteiger partial charge in [0.15, 0.2) is 0 Å². The first-order valence-corrected chi connectivity index (χ1v) is 7.70. The van der Waals surface area contributed by atoms with Crippen LogP contribution in [0, 0.1) is 0 Å². The SMILES string of the molecule is CCn1nc2c(cc1=O)CN(C[C@H]1CCCCO1)CC2. The maximum absolute atomic E-state index is 11.9. The van der Waals surface area contributed by atoms with E-state index in [1.54, 1.807) is 10.7 Å². The maximum atomic E-state index is 11.9. The van der Waals surface area contributed by atoms with Gasteiger partial charge in [-0.2, -0.15) is 5.10 Å². The molecule has 20 heavy (non-hydrogen) atoms. The van der Waals surface area contributed by atoms with Crippen LogP contribution >= 0.6 is 0 Å². The topological polar surface area (TPSA) is 47.4 Å². The lowest BCUT2D eigenvalue weighted by Gasteiger charge is -2.32. The van der Waals surface area contributed by atoms with Gasteiger partial charge < -0.3 is 4.74 Å². The van der Waals surface area contributed by atoms with E-state index in [0.29, 0.717) is 12.6 Å². The molecule has 5 heteroatoms. The molecule has 0 amide bonds. The molecule has 2 aliphatic rings. The van der Waals surface area contributed by atoms with Gasteiger partial charge in [0.2, 0.25) is 0 Å². The van der Waals surface area contributed by atoms with Crippen molar-refractivity contribution in [2.45, 2.75) is 51.8 Å². The minimum Gasteiger partial charge on any atom is -0.377 e. The first-order valence-electron chi connectivity index (χ1n) is 7.70. The number of ether oxygens (including phenoxy) is 1. The van der Waals surface area contributed by atoms with E-state index >= 15 is 0 Å². The van der Waals surface area contributed by atoms with E-state index in [1.165, 1.54) is 19.3 Å².